The summed E-state index contributed by atoms with van der Waals surface area (Å²) in [6.45, 7) is 3.54. The highest BCUT2D eigenvalue weighted by Gasteiger charge is 2.09. The fraction of sp³-hybridized carbons (Fsp3) is 0.429. The Kier molecular flexibility index (Phi) is 5.06. The molecule has 2 atom stereocenters. The van der Waals surface area contributed by atoms with Crippen LogP contribution in [0.2, 0.25) is 0 Å². The second kappa shape index (κ2) is 7.01. The Morgan fingerprint density at radius 3 is 2.79 bits per heavy atom. The highest BCUT2D eigenvalue weighted by molar-refractivity contribution is 5.13. The summed E-state index contributed by atoms with van der Waals surface area (Å²) in [4.78, 5) is 3.94. The molecule has 2 N–H and O–H groups in total. The van der Waals surface area contributed by atoms with E-state index in [-0.39, 0.29) is 0 Å². The Labute approximate surface area is 113 Å². The van der Waals surface area contributed by atoms with Crippen LogP contribution in [0.1, 0.15) is 25.0 Å². The predicted molar refractivity (Wildman–Crippen MR) is 73.5 cm³/mol. The molecule has 2 heterocycles. The summed E-state index contributed by atoms with van der Waals surface area (Å²) in [7, 11) is 0. The number of pyridine rings is 1. The third kappa shape index (κ3) is 4.46. The zero-order valence-electron chi connectivity index (χ0n) is 11.1. The third-order valence-electron chi connectivity index (χ3n) is 3.10. The molecule has 0 aromatic carbocycles. The quantitative estimate of drug-likeness (QED) is 0.789. The van der Waals surface area contributed by atoms with Gasteiger partial charge >= 0.3 is 0 Å². The number of nitrogens with zero attached hydrogens (tertiary/aromatic N) is 3. The fourth-order valence-electron chi connectivity index (χ4n) is 1.88. The number of nitrogens with one attached hydrogen (secondary N) is 1. The minimum absolute atomic E-state index is 0.334. The van der Waals surface area contributed by atoms with Gasteiger partial charge in [-0.2, -0.15) is 5.10 Å². The molecular weight excluding hydrogens is 240 g/mol. The first-order valence-electron chi connectivity index (χ1n) is 6.54. The van der Waals surface area contributed by atoms with Crippen molar-refractivity contribution in [2.75, 3.05) is 6.54 Å². The molecule has 0 aliphatic heterocycles. The molecule has 5 heteroatoms. The normalized spacial score (nSPS) is 14.2. The highest BCUT2D eigenvalue weighted by Crippen LogP contribution is 2.10. The van der Waals surface area contributed by atoms with Crippen molar-refractivity contribution >= 4 is 0 Å². The molecule has 0 saturated heterocycles. The van der Waals surface area contributed by atoms with Gasteiger partial charge in [0.1, 0.15) is 0 Å². The van der Waals surface area contributed by atoms with E-state index in [1.807, 2.05) is 29.1 Å². The summed E-state index contributed by atoms with van der Waals surface area (Å²) in [5, 5.41) is 17.5. The van der Waals surface area contributed by atoms with Crippen molar-refractivity contribution < 1.29 is 5.11 Å². The van der Waals surface area contributed by atoms with Crippen LogP contribution in [0.25, 0.3) is 0 Å². The number of hydrogen-bond acceptors (Lipinski definition) is 4. The van der Waals surface area contributed by atoms with Gasteiger partial charge < -0.3 is 10.4 Å². The van der Waals surface area contributed by atoms with Crippen LogP contribution < -0.4 is 5.32 Å². The molecule has 2 aromatic rings. The Bertz CT molecular complexity index is 458. The first-order valence-corrected chi connectivity index (χ1v) is 6.54. The summed E-state index contributed by atoms with van der Waals surface area (Å²) in [5.41, 5.74) is 0.891. The van der Waals surface area contributed by atoms with Gasteiger partial charge in [-0.3, -0.25) is 9.67 Å². The summed E-state index contributed by atoms with van der Waals surface area (Å²) < 4.78 is 1.91. The molecule has 19 heavy (non-hydrogen) atoms. The van der Waals surface area contributed by atoms with Crippen LogP contribution in [0.15, 0.2) is 43.0 Å². The van der Waals surface area contributed by atoms with Crippen LogP contribution in [-0.2, 0) is 6.54 Å². The SMILES string of the molecule is CC(CCn1cccn1)NCC(O)c1ccncc1. The zero-order chi connectivity index (χ0) is 13.5. The third-order valence-corrected chi connectivity index (χ3v) is 3.10. The van der Waals surface area contributed by atoms with E-state index in [4.69, 9.17) is 0 Å². The fourth-order valence-corrected chi connectivity index (χ4v) is 1.88. The predicted octanol–water partition coefficient (Wildman–Crippen LogP) is 1.38. The number of hydrogen-bond donors (Lipinski definition) is 2. The molecule has 0 aliphatic rings. The molecule has 5 nitrogen and oxygen atoms in total. The Hall–Kier alpha value is -1.72. The van der Waals surface area contributed by atoms with E-state index in [0.717, 1.165) is 18.5 Å². The van der Waals surface area contributed by atoms with E-state index in [2.05, 4.69) is 22.3 Å². The largest absolute Gasteiger partial charge is 0.387 e. The van der Waals surface area contributed by atoms with Crippen molar-refractivity contribution in [2.45, 2.75) is 32.0 Å². The van der Waals surface area contributed by atoms with Gasteiger partial charge in [0, 0.05) is 43.9 Å². The van der Waals surface area contributed by atoms with Crippen molar-refractivity contribution in [2.24, 2.45) is 0 Å². The molecule has 0 fully saturated rings. The molecule has 0 amide bonds. The van der Waals surface area contributed by atoms with Crippen LogP contribution in [0.4, 0.5) is 0 Å². The van der Waals surface area contributed by atoms with E-state index in [1.54, 1.807) is 18.6 Å². The topological polar surface area (TPSA) is 63.0 Å². The smallest absolute Gasteiger partial charge is 0.0915 e. The van der Waals surface area contributed by atoms with Crippen LogP contribution in [0, 0.1) is 0 Å². The average Bonchev–Trinajstić information content (AvgIpc) is 2.96. The molecule has 102 valence electrons. The molecule has 2 rings (SSSR count). The van der Waals surface area contributed by atoms with Crippen molar-refractivity contribution in [3.05, 3.63) is 48.5 Å². The summed E-state index contributed by atoms with van der Waals surface area (Å²) in [5.74, 6) is 0. The molecule has 0 saturated carbocycles. The van der Waals surface area contributed by atoms with Crippen LogP contribution in [0.5, 0.6) is 0 Å². The van der Waals surface area contributed by atoms with Crippen molar-refractivity contribution in [3.8, 4) is 0 Å². The minimum atomic E-state index is -0.491. The van der Waals surface area contributed by atoms with Crippen LogP contribution >= 0.6 is 0 Å². The lowest BCUT2D eigenvalue weighted by molar-refractivity contribution is 0.169. The zero-order valence-corrected chi connectivity index (χ0v) is 11.1. The van der Waals surface area contributed by atoms with Crippen molar-refractivity contribution in [1.82, 2.24) is 20.1 Å². The minimum Gasteiger partial charge on any atom is -0.387 e. The van der Waals surface area contributed by atoms with E-state index < -0.39 is 6.10 Å². The number of aliphatic hydroxyl groups excluding tert-OH is 1. The van der Waals surface area contributed by atoms with Gasteiger partial charge in [0.2, 0.25) is 0 Å². The molecule has 2 aromatic heterocycles. The molecular formula is C14H20N4O. The van der Waals surface area contributed by atoms with E-state index in [0.29, 0.717) is 12.6 Å². The number of aryl methyl sites for hydroxylation is 1. The summed E-state index contributed by atoms with van der Waals surface area (Å²) in [6.07, 6.45) is 7.61. The molecule has 0 aliphatic carbocycles. The van der Waals surface area contributed by atoms with Gasteiger partial charge in [0.15, 0.2) is 0 Å². The maximum absolute atomic E-state index is 10.0. The Morgan fingerprint density at radius 1 is 1.32 bits per heavy atom. The maximum Gasteiger partial charge on any atom is 0.0915 e. The van der Waals surface area contributed by atoms with Gasteiger partial charge in [-0.1, -0.05) is 0 Å². The molecule has 0 spiro atoms. The first-order chi connectivity index (χ1) is 9.25. The monoisotopic (exact) mass is 260 g/mol. The first kappa shape index (κ1) is 13.7. The Balaban J connectivity index is 1.70. The maximum atomic E-state index is 10.0. The van der Waals surface area contributed by atoms with E-state index in [9.17, 15) is 5.11 Å². The number of aromatic nitrogens is 3. The average molecular weight is 260 g/mol. The second-order valence-electron chi connectivity index (χ2n) is 4.66. The summed E-state index contributed by atoms with van der Waals surface area (Å²) in [6, 6.07) is 5.92. The van der Waals surface area contributed by atoms with Gasteiger partial charge in [0.05, 0.1) is 6.10 Å². The van der Waals surface area contributed by atoms with Gasteiger partial charge in [-0.15, -0.1) is 0 Å². The number of rotatable bonds is 7. The van der Waals surface area contributed by atoms with Crippen LogP contribution in [-0.4, -0.2) is 32.5 Å². The van der Waals surface area contributed by atoms with E-state index in [1.165, 1.54) is 0 Å². The molecule has 0 bridgehead atoms. The lowest BCUT2D eigenvalue weighted by Crippen LogP contribution is -2.31. The van der Waals surface area contributed by atoms with Gasteiger partial charge in [-0.05, 0) is 37.1 Å². The van der Waals surface area contributed by atoms with E-state index >= 15 is 0 Å². The van der Waals surface area contributed by atoms with Crippen molar-refractivity contribution in [3.63, 3.8) is 0 Å². The standard InChI is InChI=1S/C14H20N4O/c1-12(5-10-18-9-2-6-17-18)16-11-14(19)13-3-7-15-8-4-13/h2-4,6-9,12,14,16,19H,5,10-11H2,1H3. The van der Waals surface area contributed by atoms with Gasteiger partial charge in [0.25, 0.3) is 0 Å². The lowest BCUT2D eigenvalue weighted by atomic mass is 10.1. The van der Waals surface area contributed by atoms with Crippen LogP contribution in [0.3, 0.4) is 0 Å². The lowest BCUT2D eigenvalue weighted by Gasteiger charge is -2.17. The number of aliphatic hydroxyl groups is 1. The van der Waals surface area contributed by atoms with Gasteiger partial charge in [-0.25, -0.2) is 0 Å². The molecule has 0 radical (unpaired) electrons. The summed E-state index contributed by atoms with van der Waals surface area (Å²) >= 11 is 0. The Morgan fingerprint density at radius 2 is 2.11 bits per heavy atom. The highest BCUT2D eigenvalue weighted by atomic mass is 16.3. The van der Waals surface area contributed by atoms with Crippen molar-refractivity contribution in [1.29, 1.82) is 0 Å². The molecule has 2 unspecified atom stereocenters. The second-order valence-corrected chi connectivity index (χ2v) is 4.66.